The van der Waals surface area contributed by atoms with E-state index in [0.717, 1.165) is 18.8 Å². The van der Waals surface area contributed by atoms with Gasteiger partial charge in [-0.3, -0.25) is 0 Å². The second kappa shape index (κ2) is 6.26. The van der Waals surface area contributed by atoms with Crippen molar-refractivity contribution in [1.29, 1.82) is 0 Å². The van der Waals surface area contributed by atoms with Crippen molar-refractivity contribution in [2.24, 2.45) is 5.92 Å². The molecule has 0 unspecified atom stereocenters. The smallest absolute Gasteiger partial charge is 0.145 e. The lowest BCUT2D eigenvalue weighted by molar-refractivity contribution is 0.286. The zero-order chi connectivity index (χ0) is 12.0. The van der Waals surface area contributed by atoms with E-state index in [0.29, 0.717) is 24.0 Å². The molecule has 0 bridgehead atoms. The van der Waals surface area contributed by atoms with Crippen LogP contribution in [-0.2, 0) is 0 Å². The first-order valence-electron chi connectivity index (χ1n) is 5.78. The van der Waals surface area contributed by atoms with Gasteiger partial charge in [-0.05, 0) is 31.4 Å². The van der Waals surface area contributed by atoms with Crippen LogP contribution in [0.1, 0.15) is 27.2 Å². The molecule has 3 nitrogen and oxygen atoms in total. The van der Waals surface area contributed by atoms with Gasteiger partial charge < -0.3 is 15.2 Å². The largest absolute Gasteiger partial charge is 0.493 e. The van der Waals surface area contributed by atoms with Crippen molar-refractivity contribution in [2.45, 2.75) is 27.2 Å². The van der Waals surface area contributed by atoms with Gasteiger partial charge in [-0.15, -0.1) is 0 Å². The summed E-state index contributed by atoms with van der Waals surface area (Å²) in [6, 6.07) is 5.53. The van der Waals surface area contributed by atoms with E-state index in [1.54, 1.807) is 0 Å². The Morgan fingerprint density at radius 1 is 1.25 bits per heavy atom. The molecule has 0 spiro atoms. The summed E-state index contributed by atoms with van der Waals surface area (Å²) in [6.45, 7) is 7.63. The van der Waals surface area contributed by atoms with E-state index in [1.165, 1.54) is 0 Å². The molecule has 0 fully saturated rings. The summed E-state index contributed by atoms with van der Waals surface area (Å²) in [5, 5.41) is 0. The van der Waals surface area contributed by atoms with E-state index in [2.05, 4.69) is 13.8 Å². The highest BCUT2D eigenvalue weighted by molar-refractivity contribution is 5.55. The number of hydrogen-bond donors (Lipinski definition) is 1. The summed E-state index contributed by atoms with van der Waals surface area (Å²) in [4.78, 5) is 0. The lowest BCUT2D eigenvalue weighted by Crippen LogP contribution is -2.02. The average Bonchev–Trinajstić information content (AvgIpc) is 2.22. The monoisotopic (exact) mass is 223 g/mol. The van der Waals surface area contributed by atoms with Crippen LogP contribution in [-0.4, -0.2) is 13.2 Å². The molecule has 1 aromatic carbocycles. The quantitative estimate of drug-likeness (QED) is 0.754. The molecule has 1 aromatic rings. The van der Waals surface area contributed by atoms with Gasteiger partial charge in [0.15, 0.2) is 0 Å². The number of rotatable bonds is 6. The third kappa shape index (κ3) is 4.01. The Morgan fingerprint density at radius 2 is 2.00 bits per heavy atom. The van der Waals surface area contributed by atoms with Crippen LogP contribution in [0.4, 0.5) is 5.69 Å². The summed E-state index contributed by atoms with van der Waals surface area (Å²) in [5.74, 6) is 2.17. The Bertz CT molecular complexity index is 324. The standard InChI is InChI=1S/C13H21NO2/c1-4-15-13-9-11(5-6-12(13)14)16-8-7-10(2)3/h5-6,9-10H,4,7-8,14H2,1-3H3. The number of benzene rings is 1. The molecule has 0 aliphatic rings. The first kappa shape index (κ1) is 12.7. The topological polar surface area (TPSA) is 44.5 Å². The van der Waals surface area contributed by atoms with Crippen LogP contribution in [0.5, 0.6) is 11.5 Å². The van der Waals surface area contributed by atoms with Crippen molar-refractivity contribution in [1.82, 2.24) is 0 Å². The molecule has 0 aliphatic heterocycles. The van der Waals surface area contributed by atoms with Gasteiger partial charge in [0.1, 0.15) is 11.5 Å². The minimum atomic E-state index is 0.611. The number of nitrogens with two attached hydrogens (primary N) is 1. The highest BCUT2D eigenvalue weighted by Gasteiger charge is 2.03. The highest BCUT2D eigenvalue weighted by atomic mass is 16.5. The van der Waals surface area contributed by atoms with Gasteiger partial charge in [0.25, 0.3) is 0 Å². The lowest BCUT2D eigenvalue weighted by atomic mass is 10.1. The molecule has 90 valence electrons. The van der Waals surface area contributed by atoms with Gasteiger partial charge >= 0.3 is 0 Å². The zero-order valence-corrected chi connectivity index (χ0v) is 10.3. The molecule has 0 saturated heterocycles. The van der Waals surface area contributed by atoms with Gasteiger partial charge in [0.2, 0.25) is 0 Å². The van der Waals surface area contributed by atoms with Crippen LogP contribution in [0.15, 0.2) is 18.2 Å². The number of nitrogen functional groups attached to an aromatic ring is 1. The fourth-order valence-electron chi connectivity index (χ4n) is 1.30. The molecule has 16 heavy (non-hydrogen) atoms. The van der Waals surface area contributed by atoms with E-state index < -0.39 is 0 Å². The van der Waals surface area contributed by atoms with Crippen LogP contribution in [0.3, 0.4) is 0 Å². The fraction of sp³-hybridized carbons (Fsp3) is 0.538. The van der Waals surface area contributed by atoms with Gasteiger partial charge in [-0.1, -0.05) is 13.8 Å². The van der Waals surface area contributed by atoms with Crippen LogP contribution < -0.4 is 15.2 Å². The molecule has 3 heteroatoms. The molecule has 0 aliphatic carbocycles. The van der Waals surface area contributed by atoms with Crippen molar-refractivity contribution in [3.05, 3.63) is 18.2 Å². The summed E-state index contributed by atoms with van der Waals surface area (Å²) >= 11 is 0. The Hall–Kier alpha value is -1.38. The molecule has 2 N–H and O–H groups in total. The first-order chi connectivity index (χ1) is 7.63. The Labute approximate surface area is 97.6 Å². The number of ether oxygens (including phenoxy) is 2. The lowest BCUT2D eigenvalue weighted by Gasteiger charge is -2.11. The number of hydrogen-bond acceptors (Lipinski definition) is 3. The summed E-state index contributed by atoms with van der Waals surface area (Å²) < 4.78 is 11.0. The minimum absolute atomic E-state index is 0.611. The summed E-state index contributed by atoms with van der Waals surface area (Å²) in [7, 11) is 0. The van der Waals surface area contributed by atoms with Crippen LogP contribution in [0.2, 0.25) is 0 Å². The normalized spacial score (nSPS) is 10.5. The van der Waals surface area contributed by atoms with Crippen LogP contribution in [0, 0.1) is 5.92 Å². The second-order valence-electron chi connectivity index (χ2n) is 4.16. The van der Waals surface area contributed by atoms with Crippen molar-refractivity contribution >= 4 is 5.69 Å². The van der Waals surface area contributed by atoms with E-state index >= 15 is 0 Å². The maximum Gasteiger partial charge on any atom is 0.145 e. The van der Waals surface area contributed by atoms with E-state index in [4.69, 9.17) is 15.2 Å². The van der Waals surface area contributed by atoms with Crippen LogP contribution >= 0.6 is 0 Å². The van der Waals surface area contributed by atoms with E-state index in [-0.39, 0.29) is 0 Å². The predicted octanol–water partition coefficient (Wildman–Crippen LogP) is 3.09. The zero-order valence-electron chi connectivity index (χ0n) is 10.3. The summed E-state index contributed by atoms with van der Waals surface area (Å²) in [5.41, 5.74) is 6.42. The number of anilines is 1. The van der Waals surface area contributed by atoms with Crippen molar-refractivity contribution in [2.75, 3.05) is 18.9 Å². The molecule has 0 atom stereocenters. The third-order valence-corrected chi connectivity index (χ3v) is 2.25. The van der Waals surface area contributed by atoms with Crippen molar-refractivity contribution < 1.29 is 9.47 Å². The third-order valence-electron chi connectivity index (χ3n) is 2.25. The second-order valence-corrected chi connectivity index (χ2v) is 4.16. The fourth-order valence-corrected chi connectivity index (χ4v) is 1.30. The molecule has 0 aromatic heterocycles. The molecular formula is C13H21NO2. The minimum Gasteiger partial charge on any atom is -0.493 e. The van der Waals surface area contributed by atoms with Crippen molar-refractivity contribution in [3.8, 4) is 11.5 Å². The van der Waals surface area contributed by atoms with Gasteiger partial charge in [0, 0.05) is 6.07 Å². The Kier molecular flexibility index (Phi) is 4.96. The van der Waals surface area contributed by atoms with Gasteiger partial charge in [0.05, 0.1) is 18.9 Å². The van der Waals surface area contributed by atoms with E-state index in [9.17, 15) is 0 Å². The van der Waals surface area contributed by atoms with Gasteiger partial charge in [-0.2, -0.15) is 0 Å². The van der Waals surface area contributed by atoms with Gasteiger partial charge in [-0.25, -0.2) is 0 Å². The molecule has 0 amide bonds. The molecule has 0 saturated carbocycles. The molecule has 0 heterocycles. The van der Waals surface area contributed by atoms with Crippen molar-refractivity contribution in [3.63, 3.8) is 0 Å². The van der Waals surface area contributed by atoms with Crippen LogP contribution in [0.25, 0.3) is 0 Å². The SMILES string of the molecule is CCOc1cc(OCCC(C)C)ccc1N. The molecule has 0 radical (unpaired) electrons. The first-order valence-corrected chi connectivity index (χ1v) is 5.78. The maximum atomic E-state index is 5.77. The molecular weight excluding hydrogens is 202 g/mol. The maximum absolute atomic E-state index is 5.77. The molecule has 1 rings (SSSR count). The summed E-state index contributed by atoms with van der Waals surface area (Å²) in [6.07, 6.45) is 1.05. The van der Waals surface area contributed by atoms with E-state index in [1.807, 2.05) is 25.1 Å². The highest BCUT2D eigenvalue weighted by Crippen LogP contribution is 2.27. The predicted molar refractivity (Wildman–Crippen MR) is 67.0 cm³/mol. The Morgan fingerprint density at radius 3 is 2.62 bits per heavy atom. The Balaban J connectivity index is 2.56. The average molecular weight is 223 g/mol.